The second kappa shape index (κ2) is 6.12. The molecule has 0 unspecified atom stereocenters. The Balaban J connectivity index is 2.38. The summed E-state index contributed by atoms with van der Waals surface area (Å²) in [6.07, 6.45) is 0. The predicted octanol–water partition coefficient (Wildman–Crippen LogP) is 0.544. The summed E-state index contributed by atoms with van der Waals surface area (Å²) >= 11 is 0. The summed E-state index contributed by atoms with van der Waals surface area (Å²) in [6, 6.07) is 9.54. The second-order valence-electron chi connectivity index (χ2n) is 2.73. The molecule has 76 valence electrons. The zero-order chi connectivity index (χ0) is 10.2. The van der Waals surface area contributed by atoms with Gasteiger partial charge in [0.15, 0.2) is 0 Å². The number of aliphatic hydroxyl groups excluding tert-OH is 2. The van der Waals surface area contributed by atoms with Gasteiger partial charge < -0.3 is 15.1 Å². The molecule has 0 saturated carbocycles. The number of hydrogen-bond acceptors (Lipinski definition) is 4. The molecule has 1 rings (SSSR count). The molecular formula is C10H13NO3. The number of nitrogens with zero attached hydrogens (tertiary/aromatic N) is 1. The summed E-state index contributed by atoms with van der Waals surface area (Å²) in [4.78, 5) is 4.93. The van der Waals surface area contributed by atoms with Crippen molar-refractivity contribution in [1.82, 2.24) is 0 Å². The van der Waals surface area contributed by atoms with Crippen molar-refractivity contribution in [3.05, 3.63) is 35.9 Å². The maximum Gasteiger partial charge on any atom is 0.142 e. The molecule has 0 aromatic heterocycles. The lowest BCUT2D eigenvalue weighted by Crippen LogP contribution is -2.10. The van der Waals surface area contributed by atoms with Crippen LogP contribution in [-0.2, 0) is 11.4 Å². The quantitative estimate of drug-likeness (QED) is 0.532. The summed E-state index contributed by atoms with van der Waals surface area (Å²) in [5.74, 6) is 0. The van der Waals surface area contributed by atoms with E-state index in [4.69, 9.17) is 15.1 Å². The van der Waals surface area contributed by atoms with Crippen LogP contribution in [0.3, 0.4) is 0 Å². The van der Waals surface area contributed by atoms with Crippen LogP contribution in [0.1, 0.15) is 5.56 Å². The van der Waals surface area contributed by atoms with E-state index in [1.54, 1.807) is 0 Å². The maximum atomic E-state index is 8.65. The van der Waals surface area contributed by atoms with E-state index in [1.165, 1.54) is 0 Å². The highest BCUT2D eigenvalue weighted by Gasteiger charge is 1.95. The van der Waals surface area contributed by atoms with Crippen LogP contribution in [0.25, 0.3) is 0 Å². The van der Waals surface area contributed by atoms with E-state index >= 15 is 0 Å². The topological polar surface area (TPSA) is 62.0 Å². The second-order valence-corrected chi connectivity index (χ2v) is 2.73. The normalized spacial score (nSPS) is 9.57. The van der Waals surface area contributed by atoms with Gasteiger partial charge in [-0.2, -0.15) is 0 Å². The largest absolute Gasteiger partial charge is 0.391 e. The fourth-order valence-corrected chi connectivity index (χ4v) is 0.880. The van der Waals surface area contributed by atoms with Gasteiger partial charge >= 0.3 is 0 Å². The lowest BCUT2D eigenvalue weighted by atomic mass is 10.2. The molecule has 0 radical (unpaired) electrons. The summed E-state index contributed by atoms with van der Waals surface area (Å²) < 4.78 is 0. The number of aliphatic hydroxyl groups is 2. The number of rotatable bonds is 5. The van der Waals surface area contributed by atoms with E-state index in [0.717, 1.165) is 5.56 Å². The Labute approximate surface area is 82.4 Å². The highest BCUT2D eigenvalue weighted by molar-refractivity contribution is 5.85. The lowest BCUT2D eigenvalue weighted by Gasteiger charge is -2.01. The number of hydrogen-bond donors (Lipinski definition) is 2. The van der Waals surface area contributed by atoms with Crippen LogP contribution >= 0.6 is 0 Å². The van der Waals surface area contributed by atoms with Crippen LogP contribution < -0.4 is 0 Å². The molecule has 4 nitrogen and oxygen atoms in total. The molecule has 0 heterocycles. The van der Waals surface area contributed by atoms with Gasteiger partial charge in [0.1, 0.15) is 12.3 Å². The third kappa shape index (κ3) is 3.55. The Hall–Kier alpha value is -1.39. The van der Waals surface area contributed by atoms with E-state index < -0.39 is 0 Å². The first-order chi connectivity index (χ1) is 6.86. The molecule has 0 fully saturated rings. The molecule has 0 aliphatic heterocycles. The Morgan fingerprint density at radius 2 is 1.79 bits per heavy atom. The van der Waals surface area contributed by atoms with Crippen molar-refractivity contribution in [1.29, 1.82) is 0 Å². The fraction of sp³-hybridized carbons (Fsp3) is 0.300. The highest BCUT2D eigenvalue weighted by atomic mass is 16.6. The van der Waals surface area contributed by atoms with E-state index in [9.17, 15) is 0 Å². The molecule has 0 aliphatic rings. The third-order valence-corrected chi connectivity index (χ3v) is 1.63. The summed E-state index contributed by atoms with van der Waals surface area (Å²) in [6.45, 7) is -0.235. The van der Waals surface area contributed by atoms with Gasteiger partial charge in [0.25, 0.3) is 0 Å². The molecule has 2 N–H and O–H groups in total. The van der Waals surface area contributed by atoms with Crippen LogP contribution in [0.15, 0.2) is 35.5 Å². The van der Waals surface area contributed by atoms with Gasteiger partial charge in [-0.3, -0.25) is 0 Å². The van der Waals surface area contributed by atoms with Crippen LogP contribution in [0.2, 0.25) is 0 Å². The number of benzene rings is 1. The van der Waals surface area contributed by atoms with E-state index in [2.05, 4.69) is 5.16 Å². The molecule has 4 heteroatoms. The first-order valence-electron chi connectivity index (χ1n) is 4.30. The first kappa shape index (κ1) is 10.7. The van der Waals surface area contributed by atoms with Crippen LogP contribution in [0.5, 0.6) is 0 Å². The van der Waals surface area contributed by atoms with Crippen LogP contribution in [-0.4, -0.2) is 29.1 Å². The van der Waals surface area contributed by atoms with Gasteiger partial charge in [0, 0.05) is 0 Å². The fourth-order valence-electron chi connectivity index (χ4n) is 0.880. The summed E-state index contributed by atoms with van der Waals surface area (Å²) in [5, 5.41) is 20.9. The van der Waals surface area contributed by atoms with Crippen molar-refractivity contribution in [2.45, 2.75) is 6.61 Å². The standard InChI is InChI=1S/C10H13NO3/c12-6-10(7-13)11-14-8-9-4-2-1-3-5-9/h1-5,12-13H,6-8H2. The Kier molecular flexibility index (Phi) is 4.68. The Bertz CT molecular complexity index is 279. The van der Waals surface area contributed by atoms with Crippen molar-refractivity contribution in [3.63, 3.8) is 0 Å². The first-order valence-corrected chi connectivity index (χ1v) is 4.30. The van der Waals surface area contributed by atoms with Crippen molar-refractivity contribution < 1.29 is 15.1 Å². The van der Waals surface area contributed by atoms with Crippen molar-refractivity contribution >= 4 is 5.71 Å². The molecule has 0 saturated heterocycles. The van der Waals surface area contributed by atoms with Gasteiger partial charge in [-0.1, -0.05) is 35.5 Å². The molecule has 0 aliphatic carbocycles. The zero-order valence-corrected chi connectivity index (χ0v) is 7.76. The molecular weight excluding hydrogens is 182 g/mol. The molecule has 0 atom stereocenters. The van der Waals surface area contributed by atoms with Crippen molar-refractivity contribution in [2.75, 3.05) is 13.2 Å². The van der Waals surface area contributed by atoms with Crippen molar-refractivity contribution in [2.24, 2.45) is 5.16 Å². The van der Waals surface area contributed by atoms with Crippen molar-refractivity contribution in [3.8, 4) is 0 Å². The van der Waals surface area contributed by atoms with Crippen LogP contribution in [0, 0.1) is 0 Å². The SMILES string of the molecule is OCC(CO)=NOCc1ccccc1. The lowest BCUT2D eigenvalue weighted by molar-refractivity contribution is 0.125. The van der Waals surface area contributed by atoms with Gasteiger partial charge in [-0.05, 0) is 5.56 Å². The van der Waals surface area contributed by atoms with E-state index in [0.29, 0.717) is 6.61 Å². The molecule has 1 aromatic rings. The average molecular weight is 195 g/mol. The monoisotopic (exact) mass is 195 g/mol. The smallest absolute Gasteiger partial charge is 0.142 e. The predicted molar refractivity (Wildman–Crippen MR) is 52.8 cm³/mol. The Morgan fingerprint density at radius 1 is 1.14 bits per heavy atom. The summed E-state index contributed by atoms with van der Waals surface area (Å²) in [5.41, 5.74) is 1.22. The molecule has 1 aromatic carbocycles. The van der Waals surface area contributed by atoms with Crippen LogP contribution in [0.4, 0.5) is 0 Å². The Morgan fingerprint density at radius 3 is 2.36 bits per heavy atom. The molecule has 0 spiro atoms. The molecule has 14 heavy (non-hydrogen) atoms. The third-order valence-electron chi connectivity index (χ3n) is 1.63. The van der Waals surface area contributed by atoms with E-state index in [1.807, 2.05) is 30.3 Å². The zero-order valence-electron chi connectivity index (χ0n) is 7.76. The minimum atomic E-state index is -0.286. The van der Waals surface area contributed by atoms with Gasteiger partial charge in [0.05, 0.1) is 13.2 Å². The van der Waals surface area contributed by atoms with Gasteiger partial charge in [-0.15, -0.1) is 0 Å². The van der Waals surface area contributed by atoms with Gasteiger partial charge in [0.2, 0.25) is 0 Å². The van der Waals surface area contributed by atoms with Gasteiger partial charge in [-0.25, -0.2) is 0 Å². The maximum absolute atomic E-state index is 8.65. The number of oxime groups is 1. The minimum Gasteiger partial charge on any atom is -0.391 e. The summed E-state index contributed by atoms with van der Waals surface area (Å²) in [7, 11) is 0. The molecule has 0 amide bonds. The highest BCUT2D eigenvalue weighted by Crippen LogP contribution is 2.00. The minimum absolute atomic E-state index is 0.223. The molecule has 0 bridgehead atoms. The average Bonchev–Trinajstić information content (AvgIpc) is 2.26. The van der Waals surface area contributed by atoms with E-state index in [-0.39, 0.29) is 18.9 Å².